The number of carbonyl (C=O) groups excluding carboxylic acids is 1. The van der Waals surface area contributed by atoms with Gasteiger partial charge >= 0.3 is 0 Å². The molecule has 1 aromatic carbocycles. The van der Waals surface area contributed by atoms with E-state index in [2.05, 4.69) is 0 Å². The van der Waals surface area contributed by atoms with Crippen molar-refractivity contribution >= 4 is 5.78 Å². The predicted molar refractivity (Wildman–Crippen MR) is 73.0 cm³/mol. The molecule has 0 aromatic heterocycles. The lowest BCUT2D eigenvalue weighted by Crippen LogP contribution is -2.32. The van der Waals surface area contributed by atoms with Crippen LogP contribution in [0, 0.1) is 5.92 Å². The van der Waals surface area contributed by atoms with Gasteiger partial charge in [-0.05, 0) is 30.4 Å². The van der Waals surface area contributed by atoms with Crippen molar-refractivity contribution in [3.63, 3.8) is 0 Å². The zero-order valence-electron chi connectivity index (χ0n) is 11.6. The first-order chi connectivity index (χ1) is 9.24. The summed E-state index contributed by atoms with van der Waals surface area (Å²) in [4.78, 5) is 12.3. The summed E-state index contributed by atoms with van der Waals surface area (Å²) >= 11 is 0. The number of ketones is 1. The summed E-state index contributed by atoms with van der Waals surface area (Å²) in [7, 11) is 3.35. The van der Waals surface area contributed by atoms with E-state index < -0.39 is 0 Å². The lowest BCUT2D eigenvalue weighted by atomic mass is 9.67. The Balaban J connectivity index is 2.12. The Hall–Kier alpha value is -1.51. The van der Waals surface area contributed by atoms with Crippen LogP contribution in [-0.2, 0) is 11.2 Å². The topological polar surface area (TPSA) is 35.5 Å². The van der Waals surface area contributed by atoms with E-state index in [-0.39, 0.29) is 5.92 Å². The van der Waals surface area contributed by atoms with Crippen molar-refractivity contribution in [3.05, 3.63) is 23.3 Å². The fraction of sp³-hybridized carbons (Fsp3) is 0.562. The lowest BCUT2D eigenvalue weighted by molar-refractivity contribution is -0.124. The van der Waals surface area contributed by atoms with E-state index >= 15 is 0 Å². The summed E-state index contributed by atoms with van der Waals surface area (Å²) in [6.45, 7) is 0. The van der Waals surface area contributed by atoms with Gasteiger partial charge in [0.05, 0.1) is 14.2 Å². The summed E-state index contributed by atoms with van der Waals surface area (Å²) in [6.07, 6.45) is 5.07. The normalized spacial score (nSPS) is 25.5. The maximum absolute atomic E-state index is 12.3. The van der Waals surface area contributed by atoms with Crippen molar-refractivity contribution in [2.45, 2.75) is 38.0 Å². The number of hydrogen-bond acceptors (Lipinski definition) is 3. The number of fused-ring (bicyclic) bond motifs is 3. The molecule has 1 aromatic rings. The van der Waals surface area contributed by atoms with E-state index in [1.165, 1.54) is 18.4 Å². The van der Waals surface area contributed by atoms with Crippen molar-refractivity contribution in [1.82, 2.24) is 0 Å². The van der Waals surface area contributed by atoms with Crippen LogP contribution in [-0.4, -0.2) is 20.0 Å². The van der Waals surface area contributed by atoms with Crippen molar-refractivity contribution in [2.24, 2.45) is 5.92 Å². The van der Waals surface area contributed by atoms with Gasteiger partial charge < -0.3 is 9.47 Å². The van der Waals surface area contributed by atoms with Gasteiger partial charge in [0.2, 0.25) is 0 Å². The Morgan fingerprint density at radius 3 is 2.47 bits per heavy atom. The summed E-state index contributed by atoms with van der Waals surface area (Å²) in [5, 5.41) is 0. The van der Waals surface area contributed by atoms with Gasteiger partial charge in [-0.3, -0.25) is 4.79 Å². The molecule has 0 N–H and O–H groups in total. The Bertz CT molecular complexity index is 507. The van der Waals surface area contributed by atoms with Crippen molar-refractivity contribution in [3.8, 4) is 11.5 Å². The van der Waals surface area contributed by atoms with Crippen molar-refractivity contribution in [1.29, 1.82) is 0 Å². The molecule has 1 fully saturated rings. The van der Waals surface area contributed by atoms with Gasteiger partial charge in [-0.1, -0.05) is 12.8 Å². The van der Waals surface area contributed by atoms with Crippen LogP contribution in [0.2, 0.25) is 0 Å². The fourth-order valence-electron chi connectivity index (χ4n) is 3.69. The number of benzene rings is 1. The molecule has 0 spiro atoms. The van der Waals surface area contributed by atoms with Crippen molar-refractivity contribution in [2.75, 3.05) is 14.2 Å². The highest BCUT2D eigenvalue weighted by atomic mass is 16.5. The first kappa shape index (κ1) is 12.5. The molecule has 3 rings (SSSR count). The Labute approximate surface area is 113 Å². The van der Waals surface area contributed by atoms with E-state index in [0.717, 1.165) is 29.9 Å². The highest BCUT2D eigenvalue weighted by molar-refractivity contribution is 5.87. The molecule has 0 saturated heterocycles. The molecule has 3 nitrogen and oxygen atoms in total. The van der Waals surface area contributed by atoms with Crippen LogP contribution >= 0.6 is 0 Å². The Morgan fingerprint density at radius 2 is 1.79 bits per heavy atom. The third-order valence-corrected chi connectivity index (χ3v) is 4.57. The minimum Gasteiger partial charge on any atom is -0.497 e. The Morgan fingerprint density at radius 1 is 1.05 bits per heavy atom. The van der Waals surface area contributed by atoms with Gasteiger partial charge in [-0.2, -0.15) is 0 Å². The van der Waals surface area contributed by atoms with Gasteiger partial charge in [0.1, 0.15) is 17.3 Å². The van der Waals surface area contributed by atoms with E-state index in [1.807, 2.05) is 12.1 Å². The summed E-state index contributed by atoms with van der Waals surface area (Å²) in [5.74, 6) is 2.62. The number of hydrogen-bond donors (Lipinski definition) is 0. The third-order valence-electron chi connectivity index (χ3n) is 4.57. The van der Waals surface area contributed by atoms with Gasteiger partial charge in [0.25, 0.3) is 0 Å². The van der Waals surface area contributed by atoms with E-state index in [9.17, 15) is 4.79 Å². The minimum absolute atomic E-state index is 0.212. The van der Waals surface area contributed by atoms with Crippen LogP contribution in [0.4, 0.5) is 0 Å². The van der Waals surface area contributed by atoms with E-state index in [4.69, 9.17) is 9.47 Å². The maximum Gasteiger partial charge on any atom is 0.140 e. The second kappa shape index (κ2) is 4.87. The molecule has 0 amide bonds. The Kier molecular flexibility index (Phi) is 3.21. The fourth-order valence-corrected chi connectivity index (χ4v) is 3.69. The predicted octanol–water partition coefficient (Wildman–Crippen LogP) is 3.10. The van der Waals surface area contributed by atoms with Crippen LogP contribution in [0.5, 0.6) is 11.5 Å². The molecule has 0 radical (unpaired) electrons. The van der Waals surface area contributed by atoms with E-state index in [1.54, 1.807) is 14.2 Å². The summed E-state index contributed by atoms with van der Waals surface area (Å²) in [5.41, 5.74) is 2.36. The second-order valence-electron chi connectivity index (χ2n) is 5.54. The molecule has 0 bridgehead atoms. The number of methoxy groups -OCH3 is 2. The lowest BCUT2D eigenvalue weighted by Gasteiger charge is -2.37. The average molecular weight is 260 g/mol. The minimum atomic E-state index is 0.212. The van der Waals surface area contributed by atoms with Crippen molar-refractivity contribution < 1.29 is 14.3 Å². The number of carbonyl (C=O) groups is 1. The quantitative estimate of drug-likeness (QED) is 0.819. The number of rotatable bonds is 2. The second-order valence-corrected chi connectivity index (χ2v) is 5.54. The number of Topliss-reactive ketones (excluding diaryl/α,β-unsaturated/α-hetero) is 1. The highest BCUT2D eigenvalue weighted by Gasteiger charge is 2.39. The molecular formula is C16H20O3. The first-order valence-corrected chi connectivity index (χ1v) is 7.02. The molecule has 19 heavy (non-hydrogen) atoms. The first-order valence-electron chi connectivity index (χ1n) is 7.02. The van der Waals surface area contributed by atoms with Gasteiger partial charge in [0.15, 0.2) is 0 Å². The molecule has 2 unspecified atom stereocenters. The molecule has 2 atom stereocenters. The smallest absolute Gasteiger partial charge is 0.140 e. The monoisotopic (exact) mass is 260 g/mol. The molecule has 3 heteroatoms. The molecule has 2 aliphatic carbocycles. The molecular weight excluding hydrogens is 240 g/mol. The van der Waals surface area contributed by atoms with Crippen LogP contribution < -0.4 is 9.47 Å². The zero-order chi connectivity index (χ0) is 13.4. The average Bonchev–Trinajstić information content (AvgIpc) is 2.46. The third kappa shape index (κ3) is 2.01. The molecule has 0 aliphatic heterocycles. The SMILES string of the molecule is COc1cc2c(c(OC)c1)C1CCCCC1C(=O)C2. The molecule has 1 saturated carbocycles. The standard InChI is InChI=1S/C16H20O3/c1-18-11-7-10-8-14(17)12-5-3-4-6-13(12)16(10)15(9-11)19-2/h7,9,12-13H,3-6,8H2,1-2H3. The zero-order valence-corrected chi connectivity index (χ0v) is 11.6. The summed E-state index contributed by atoms with van der Waals surface area (Å²) in [6, 6.07) is 3.95. The summed E-state index contributed by atoms with van der Waals surface area (Å²) < 4.78 is 10.9. The molecule has 2 aliphatic rings. The van der Waals surface area contributed by atoms with Crippen LogP contribution in [0.15, 0.2) is 12.1 Å². The largest absolute Gasteiger partial charge is 0.497 e. The maximum atomic E-state index is 12.3. The van der Waals surface area contributed by atoms with Crippen LogP contribution in [0.1, 0.15) is 42.7 Å². The van der Waals surface area contributed by atoms with Crippen LogP contribution in [0.25, 0.3) is 0 Å². The van der Waals surface area contributed by atoms with Gasteiger partial charge in [0, 0.05) is 24.0 Å². The van der Waals surface area contributed by atoms with Gasteiger partial charge in [-0.25, -0.2) is 0 Å². The highest BCUT2D eigenvalue weighted by Crippen LogP contribution is 2.48. The van der Waals surface area contributed by atoms with Crippen LogP contribution in [0.3, 0.4) is 0 Å². The van der Waals surface area contributed by atoms with E-state index in [0.29, 0.717) is 18.1 Å². The molecule has 102 valence electrons. The molecule has 0 heterocycles. The number of ether oxygens (including phenoxy) is 2. The van der Waals surface area contributed by atoms with Gasteiger partial charge in [-0.15, -0.1) is 0 Å².